The smallest absolute Gasteiger partial charge is 0.137 e. The number of aryl methyl sites for hydroxylation is 1. The van der Waals surface area contributed by atoms with Crippen molar-refractivity contribution < 1.29 is 5.11 Å². The number of hydrogen-bond acceptors (Lipinski definition) is 2. The minimum Gasteiger partial charge on any atom is -0.506 e. The molecular formula is C15H20BrNO. The first-order chi connectivity index (χ1) is 8.42. The van der Waals surface area contributed by atoms with Crippen LogP contribution in [0.4, 0.5) is 0 Å². The van der Waals surface area contributed by atoms with Gasteiger partial charge in [0.2, 0.25) is 0 Å². The molecule has 3 N–H and O–H groups in total. The third-order valence-electron chi connectivity index (χ3n) is 3.12. The predicted molar refractivity (Wildman–Crippen MR) is 81.6 cm³/mol. The summed E-state index contributed by atoms with van der Waals surface area (Å²) in [6, 6.07) is 2.02. The number of allylic oxidation sites excluding steroid dienone is 2. The Morgan fingerprint density at radius 2 is 2.11 bits per heavy atom. The van der Waals surface area contributed by atoms with Gasteiger partial charge in [-0.05, 0) is 66.0 Å². The Morgan fingerprint density at radius 3 is 2.61 bits per heavy atom. The zero-order chi connectivity index (χ0) is 13.9. The fourth-order valence-corrected chi connectivity index (χ4v) is 2.06. The minimum absolute atomic E-state index is 0.269. The van der Waals surface area contributed by atoms with Gasteiger partial charge >= 0.3 is 0 Å². The third kappa shape index (κ3) is 2.96. The maximum atomic E-state index is 10.1. The highest BCUT2D eigenvalue weighted by molar-refractivity contribution is 9.10. The van der Waals surface area contributed by atoms with Gasteiger partial charge in [-0.15, -0.1) is 0 Å². The van der Waals surface area contributed by atoms with Crippen LogP contribution in [0, 0.1) is 6.92 Å². The molecule has 3 heteroatoms. The lowest BCUT2D eigenvalue weighted by Gasteiger charge is -2.05. The van der Waals surface area contributed by atoms with Crippen LogP contribution in [-0.4, -0.2) is 5.11 Å². The van der Waals surface area contributed by atoms with Gasteiger partial charge in [0.15, 0.2) is 0 Å². The molecule has 0 atom stereocenters. The third-order valence-corrected chi connectivity index (χ3v) is 4.12. The van der Waals surface area contributed by atoms with Crippen molar-refractivity contribution in [3.63, 3.8) is 0 Å². The van der Waals surface area contributed by atoms with Gasteiger partial charge in [-0.1, -0.05) is 18.6 Å². The molecule has 0 saturated carbocycles. The summed E-state index contributed by atoms with van der Waals surface area (Å²) in [7, 11) is 0. The van der Waals surface area contributed by atoms with E-state index in [0.29, 0.717) is 0 Å². The molecule has 0 aliphatic rings. The van der Waals surface area contributed by atoms with Crippen molar-refractivity contribution in [3.05, 3.63) is 37.8 Å². The quantitative estimate of drug-likeness (QED) is 0.882. The van der Waals surface area contributed by atoms with Gasteiger partial charge in [0, 0.05) is 10.9 Å². The number of halogens is 1. The summed E-state index contributed by atoms with van der Waals surface area (Å²) in [4.78, 5) is 0. The molecule has 0 aromatic heterocycles. The average Bonchev–Trinajstić information content (AvgIpc) is 2.35. The summed E-state index contributed by atoms with van der Waals surface area (Å²) >= 11 is 3.39. The van der Waals surface area contributed by atoms with E-state index in [4.69, 9.17) is 5.73 Å². The van der Waals surface area contributed by atoms with Crippen LogP contribution < -0.4 is 16.2 Å². The molecule has 2 nitrogen and oxygen atoms in total. The first-order valence-corrected chi connectivity index (χ1v) is 6.83. The van der Waals surface area contributed by atoms with Gasteiger partial charge in [0.1, 0.15) is 5.75 Å². The Balaban J connectivity index is 3.68. The van der Waals surface area contributed by atoms with E-state index in [1.54, 1.807) is 0 Å². The zero-order valence-corrected chi connectivity index (χ0v) is 12.9. The van der Waals surface area contributed by atoms with E-state index >= 15 is 0 Å². The summed E-state index contributed by atoms with van der Waals surface area (Å²) in [6.45, 7) is 7.95. The summed E-state index contributed by atoms with van der Waals surface area (Å²) in [5.41, 5.74) is 8.95. The van der Waals surface area contributed by atoms with Crippen LogP contribution in [-0.2, 0) is 0 Å². The van der Waals surface area contributed by atoms with E-state index in [2.05, 4.69) is 22.9 Å². The highest BCUT2D eigenvalue weighted by Crippen LogP contribution is 2.21. The Labute approximate surface area is 117 Å². The molecular weight excluding hydrogens is 290 g/mol. The first-order valence-electron chi connectivity index (χ1n) is 6.03. The van der Waals surface area contributed by atoms with Crippen LogP contribution >= 0.6 is 15.9 Å². The summed E-state index contributed by atoms with van der Waals surface area (Å²) in [6.07, 6.45) is 4.74. The minimum atomic E-state index is 0.269. The number of nitrogens with two attached hydrogens (primary N) is 1. The van der Waals surface area contributed by atoms with Gasteiger partial charge < -0.3 is 10.8 Å². The molecule has 0 spiro atoms. The standard InChI is InChI=1S/C15H20BrNO/c1-5-9(3)13(17)8-11-7-10(4)14(16)15(18)12(11)6-2/h6-8,18H,5,17H2,1-4H3/b11-8-,12-6+,13-9-. The SMILES string of the molecule is C/C=c1/c(O)c(Br)c(C)c/c1=C/C(N)=C(\C)CC. The Hall–Kier alpha value is -1.22. The van der Waals surface area contributed by atoms with E-state index in [1.807, 2.05) is 39.0 Å². The predicted octanol–water partition coefficient (Wildman–Crippen LogP) is 2.69. The van der Waals surface area contributed by atoms with E-state index < -0.39 is 0 Å². The molecule has 0 amide bonds. The molecule has 1 rings (SSSR count). The first kappa shape index (κ1) is 14.8. The zero-order valence-electron chi connectivity index (χ0n) is 11.3. The van der Waals surface area contributed by atoms with Crippen molar-refractivity contribution in [1.29, 1.82) is 0 Å². The molecule has 1 aromatic rings. The number of benzene rings is 1. The molecule has 0 aliphatic carbocycles. The highest BCUT2D eigenvalue weighted by Gasteiger charge is 2.04. The largest absolute Gasteiger partial charge is 0.506 e. The summed E-state index contributed by atoms with van der Waals surface area (Å²) in [5.74, 6) is 0.269. The monoisotopic (exact) mass is 309 g/mol. The molecule has 0 saturated heterocycles. The molecule has 0 aliphatic heterocycles. The van der Waals surface area contributed by atoms with Crippen LogP contribution in [0.1, 0.15) is 32.8 Å². The van der Waals surface area contributed by atoms with Crippen molar-refractivity contribution in [1.82, 2.24) is 0 Å². The average molecular weight is 310 g/mol. The molecule has 0 bridgehead atoms. The number of hydrogen-bond donors (Lipinski definition) is 2. The van der Waals surface area contributed by atoms with Crippen LogP contribution in [0.25, 0.3) is 12.2 Å². The molecule has 0 fully saturated rings. The van der Waals surface area contributed by atoms with E-state index in [-0.39, 0.29) is 5.75 Å². The van der Waals surface area contributed by atoms with Crippen molar-refractivity contribution in [2.24, 2.45) is 5.73 Å². The van der Waals surface area contributed by atoms with Crippen molar-refractivity contribution in [2.75, 3.05) is 0 Å². The normalized spacial score (nSPS) is 14.9. The number of rotatable bonds is 2. The molecule has 98 valence electrons. The van der Waals surface area contributed by atoms with Crippen LogP contribution in [0.15, 0.2) is 21.8 Å². The van der Waals surface area contributed by atoms with Crippen LogP contribution in [0.2, 0.25) is 0 Å². The Bertz CT molecular complexity index is 600. The fourth-order valence-electron chi connectivity index (χ4n) is 1.73. The summed E-state index contributed by atoms with van der Waals surface area (Å²) < 4.78 is 0.738. The van der Waals surface area contributed by atoms with E-state index in [1.165, 1.54) is 0 Å². The van der Waals surface area contributed by atoms with Crippen LogP contribution in [0.3, 0.4) is 0 Å². The van der Waals surface area contributed by atoms with E-state index in [9.17, 15) is 5.11 Å². The molecule has 1 aromatic carbocycles. The van der Waals surface area contributed by atoms with Gasteiger partial charge in [-0.2, -0.15) is 0 Å². The van der Waals surface area contributed by atoms with Gasteiger partial charge in [-0.25, -0.2) is 0 Å². The lowest BCUT2D eigenvalue weighted by atomic mass is 10.1. The number of phenols is 1. The van der Waals surface area contributed by atoms with Gasteiger partial charge in [0.05, 0.1) is 4.47 Å². The molecule has 0 heterocycles. The van der Waals surface area contributed by atoms with Gasteiger partial charge in [-0.3, -0.25) is 0 Å². The Kier molecular flexibility index (Phi) is 5.03. The molecule has 18 heavy (non-hydrogen) atoms. The summed E-state index contributed by atoms with van der Waals surface area (Å²) in [5, 5.41) is 11.9. The van der Waals surface area contributed by atoms with Crippen LogP contribution in [0.5, 0.6) is 5.75 Å². The second kappa shape index (κ2) is 6.10. The topological polar surface area (TPSA) is 46.2 Å². The van der Waals surface area contributed by atoms with Gasteiger partial charge in [0.25, 0.3) is 0 Å². The van der Waals surface area contributed by atoms with E-state index in [0.717, 1.165) is 38.2 Å². The second-order valence-corrected chi connectivity index (χ2v) is 5.17. The second-order valence-electron chi connectivity index (χ2n) is 4.38. The van der Waals surface area contributed by atoms with Crippen molar-refractivity contribution >= 4 is 28.1 Å². The number of phenolic OH excluding ortho intramolecular Hbond substituents is 1. The molecule has 0 radical (unpaired) electrons. The lowest BCUT2D eigenvalue weighted by molar-refractivity contribution is 0.466. The van der Waals surface area contributed by atoms with Crippen molar-refractivity contribution in [3.8, 4) is 5.75 Å². The Morgan fingerprint density at radius 1 is 1.50 bits per heavy atom. The maximum Gasteiger partial charge on any atom is 0.137 e. The molecule has 0 unspecified atom stereocenters. The maximum absolute atomic E-state index is 10.1. The highest BCUT2D eigenvalue weighted by atomic mass is 79.9. The fraction of sp³-hybridized carbons (Fsp3) is 0.333. The van der Waals surface area contributed by atoms with Crippen molar-refractivity contribution in [2.45, 2.75) is 34.1 Å². The lowest BCUT2D eigenvalue weighted by Crippen LogP contribution is -2.26. The number of aromatic hydroxyl groups is 1.